The summed E-state index contributed by atoms with van der Waals surface area (Å²) < 4.78 is 2.13. The van der Waals surface area contributed by atoms with Gasteiger partial charge in [0.25, 0.3) is 0 Å². The molecule has 6 heteroatoms. The largest absolute Gasteiger partial charge is 0.393 e. The first kappa shape index (κ1) is 12.3. The average Bonchev–Trinajstić information content (AvgIpc) is 2.99. The van der Waals surface area contributed by atoms with Crippen LogP contribution in [-0.4, -0.2) is 19.5 Å². The number of fused-ring (bicyclic) bond motifs is 1. The van der Waals surface area contributed by atoms with Crippen LogP contribution in [0.15, 0.2) is 35.8 Å². The van der Waals surface area contributed by atoms with Crippen LogP contribution in [0.4, 0.5) is 0 Å². The summed E-state index contributed by atoms with van der Waals surface area (Å²) in [6.07, 6.45) is 2.32. The quantitative estimate of drug-likeness (QED) is 0.749. The second kappa shape index (κ2) is 5.07. The summed E-state index contributed by atoms with van der Waals surface area (Å²) >= 11 is 6.63. The summed E-state index contributed by atoms with van der Waals surface area (Å²) in [5, 5.41) is 3.02. The molecule has 0 spiro atoms. The van der Waals surface area contributed by atoms with Crippen LogP contribution in [0.25, 0.3) is 11.0 Å². The Balaban J connectivity index is 2.10. The molecule has 0 saturated heterocycles. The Kier molecular flexibility index (Phi) is 3.27. The lowest BCUT2D eigenvalue weighted by molar-refractivity contribution is 0.768. The van der Waals surface area contributed by atoms with Gasteiger partial charge in [-0.05, 0) is 12.1 Å². The van der Waals surface area contributed by atoms with Gasteiger partial charge in [-0.3, -0.25) is 0 Å². The van der Waals surface area contributed by atoms with Gasteiger partial charge in [-0.25, -0.2) is 9.97 Å². The van der Waals surface area contributed by atoms with Gasteiger partial charge in [0.1, 0.15) is 10.8 Å². The molecular formula is C13H12N4S2. The van der Waals surface area contributed by atoms with E-state index in [1.54, 1.807) is 11.3 Å². The number of imidazole rings is 1. The molecule has 0 aliphatic heterocycles. The van der Waals surface area contributed by atoms with Crippen LogP contribution in [0.1, 0.15) is 10.8 Å². The molecule has 2 aromatic heterocycles. The number of thiazole rings is 1. The van der Waals surface area contributed by atoms with Crippen molar-refractivity contribution in [2.75, 3.05) is 0 Å². The van der Waals surface area contributed by atoms with Gasteiger partial charge in [-0.2, -0.15) is 0 Å². The lowest BCUT2D eigenvalue weighted by Crippen LogP contribution is -2.15. The highest BCUT2D eigenvalue weighted by molar-refractivity contribution is 7.80. The SMILES string of the molecule is NC(=S)Cc1nc2ccccc2n1Cc1nccs1. The van der Waals surface area contributed by atoms with Crippen LogP contribution in [0.3, 0.4) is 0 Å². The third-order valence-corrected chi connectivity index (χ3v) is 3.75. The molecule has 0 amide bonds. The van der Waals surface area contributed by atoms with Crippen LogP contribution in [0.5, 0.6) is 0 Å². The Morgan fingerprint density at radius 3 is 2.95 bits per heavy atom. The minimum Gasteiger partial charge on any atom is -0.393 e. The summed E-state index contributed by atoms with van der Waals surface area (Å²) in [6, 6.07) is 8.04. The summed E-state index contributed by atoms with van der Waals surface area (Å²) in [4.78, 5) is 9.38. The molecule has 0 aliphatic carbocycles. The fourth-order valence-corrected chi connectivity index (χ4v) is 2.79. The minimum absolute atomic E-state index is 0.454. The summed E-state index contributed by atoms with van der Waals surface area (Å²) in [5.74, 6) is 0.892. The third-order valence-electron chi connectivity index (χ3n) is 2.84. The van der Waals surface area contributed by atoms with E-state index in [4.69, 9.17) is 18.0 Å². The topological polar surface area (TPSA) is 56.7 Å². The molecule has 2 N–H and O–H groups in total. The van der Waals surface area contributed by atoms with Gasteiger partial charge in [-0.15, -0.1) is 11.3 Å². The van der Waals surface area contributed by atoms with E-state index in [0.717, 1.165) is 21.9 Å². The molecule has 4 nitrogen and oxygen atoms in total. The molecule has 3 aromatic rings. The van der Waals surface area contributed by atoms with Crippen LogP contribution < -0.4 is 5.73 Å². The molecule has 3 rings (SSSR count). The standard InChI is InChI=1S/C13H12N4S2/c14-11(18)7-12-16-9-3-1-2-4-10(9)17(12)8-13-15-5-6-19-13/h1-6H,7-8H2,(H2,14,18). The first-order chi connectivity index (χ1) is 9.24. The van der Waals surface area contributed by atoms with Gasteiger partial charge in [0.05, 0.1) is 29.0 Å². The molecule has 2 heterocycles. The summed E-state index contributed by atoms with van der Waals surface area (Å²) in [6.45, 7) is 0.704. The number of para-hydroxylation sites is 2. The second-order valence-electron chi connectivity index (χ2n) is 4.17. The third kappa shape index (κ3) is 2.50. The number of hydrogen-bond donors (Lipinski definition) is 1. The summed E-state index contributed by atoms with van der Waals surface area (Å²) in [5.41, 5.74) is 7.70. The van der Waals surface area contributed by atoms with E-state index in [-0.39, 0.29) is 0 Å². The van der Waals surface area contributed by atoms with Gasteiger partial charge in [0.2, 0.25) is 0 Å². The monoisotopic (exact) mass is 288 g/mol. The maximum atomic E-state index is 5.65. The van der Waals surface area contributed by atoms with Crippen LogP contribution in [0.2, 0.25) is 0 Å². The Bertz CT molecular complexity index is 715. The Morgan fingerprint density at radius 1 is 1.37 bits per heavy atom. The fourth-order valence-electron chi connectivity index (χ4n) is 2.06. The molecule has 19 heavy (non-hydrogen) atoms. The highest BCUT2D eigenvalue weighted by Gasteiger charge is 2.12. The number of benzene rings is 1. The smallest absolute Gasteiger partial charge is 0.117 e. The molecule has 0 aliphatic rings. The van der Waals surface area contributed by atoms with Crippen molar-refractivity contribution >= 4 is 39.6 Å². The average molecular weight is 288 g/mol. The normalized spacial score (nSPS) is 10.9. The second-order valence-corrected chi connectivity index (χ2v) is 5.68. The van der Waals surface area contributed by atoms with E-state index >= 15 is 0 Å². The predicted octanol–water partition coefficient (Wildman–Crippen LogP) is 2.37. The first-order valence-corrected chi connectivity index (χ1v) is 7.13. The molecular weight excluding hydrogens is 276 g/mol. The van der Waals surface area contributed by atoms with Crippen molar-refractivity contribution < 1.29 is 0 Å². The van der Waals surface area contributed by atoms with Crippen molar-refractivity contribution in [1.82, 2.24) is 14.5 Å². The summed E-state index contributed by atoms with van der Waals surface area (Å²) in [7, 11) is 0. The number of nitrogens with two attached hydrogens (primary N) is 1. The zero-order valence-corrected chi connectivity index (χ0v) is 11.7. The number of thiocarbonyl (C=S) groups is 1. The zero-order chi connectivity index (χ0) is 13.2. The van der Waals surface area contributed by atoms with Gasteiger partial charge in [0, 0.05) is 11.6 Å². The van der Waals surface area contributed by atoms with Gasteiger partial charge < -0.3 is 10.3 Å². The first-order valence-electron chi connectivity index (χ1n) is 5.85. The van der Waals surface area contributed by atoms with E-state index in [2.05, 4.69) is 20.6 Å². The van der Waals surface area contributed by atoms with Crippen molar-refractivity contribution in [2.24, 2.45) is 5.73 Å². The molecule has 96 valence electrons. The highest BCUT2D eigenvalue weighted by Crippen LogP contribution is 2.19. The number of rotatable bonds is 4. The minimum atomic E-state index is 0.454. The predicted molar refractivity (Wildman–Crippen MR) is 81.4 cm³/mol. The van der Waals surface area contributed by atoms with E-state index in [9.17, 15) is 0 Å². The Morgan fingerprint density at radius 2 is 2.21 bits per heavy atom. The van der Waals surface area contributed by atoms with Gasteiger partial charge in [0.15, 0.2) is 0 Å². The number of nitrogens with zero attached hydrogens (tertiary/aromatic N) is 3. The lowest BCUT2D eigenvalue weighted by Gasteiger charge is -2.06. The maximum absolute atomic E-state index is 5.65. The number of hydrogen-bond acceptors (Lipinski definition) is 4. The van der Waals surface area contributed by atoms with Crippen molar-refractivity contribution in [3.8, 4) is 0 Å². The van der Waals surface area contributed by atoms with E-state index in [1.165, 1.54) is 0 Å². The van der Waals surface area contributed by atoms with E-state index < -0.39 is 0 Å². The van der Waals surface area contributed by atoms with Crippen LogP contribution in [0, 0.1) is 0 Å². The van der Waals surface area contributed by atoms with Crippen LogP contribution in [-0.2, 0) is 13.0 Å². The molecule has 0 atom stereocenters. The molecule has 0 bridgehead atoms. The Hall–Kier alpha value is -1.79. The maximum Gasteiger partial charge on any atom is 0.117 e. The van der Waals surface area contributed by atoms with Crippen molar-refractivity contribution in [3.63, 3.8) is 0 Å². The van der Waals surface area contributed by atoms with Gasteiger partial charge >= 0.3 is 0 Å². The van der Waals surface area contributed by atoms with Crippen molar-refractivity contribution in [1.29, 1.82) is 0 Å². The van der Waals surface area contributed by atoms with Crippen molar-refractivity contribution in [3.05, 3.63) is 46.7 Å². The lowest BCUT2D eigenvalue weighted by atomic mass is 10.3. The molecule has 0 saturated carbocycles. The van der Waals surface area contributed by atoms with Crippen molar-refractivity contribution in [2.45, 2.75) is 13.0 Å². The number of aromatic nitrogens is 3. The Labute approximate surface area is 119 Å². The molecule has 0 fully saturated rings. The van der Waals surface area contributed by atoms with Crippen LogP contribution >= 0.6 is 23.6 Å². The fraction of sp³-hybridized carbons (Fsp3) is 0.154. The van der Waals surface area contributed by atoms with E-state index in [1.807, 2.05) is 29.8 Å². The zero-order valence-electron chi connectivity index (χ0n) is 10.1. The molecule has 0 radical (unpaired) electrons. The highest BCUT2D eigenvalue weighted by atomic mass is 32.1. The van der Waals surface area contributed by atoms with E-state index in [0.29, 0.717) is 18.0 Å². The molecule has 0 unspecified atom stereocenters. The van der Waals surface area contributed by atoms with Gasteiger partial charge in [-0.1, -0.05) is 24.4 Å². The molecule has 1 aromatic carbocycles.